The van der Waals surface area contributed by atoms with Crippen LogP contribution < -0.4 is 16.0 Å². The number of amides is 2. The van der Waals surface area contributed by atoms with Gasteiger partial charge < -0.3 is 20.9 Å². The molecule has 0 aromatic carbocycles. The molecule has 0 radical (unpaired) electrons. The summed E-state index contributed by atoms with van der Waals surface area (Å²) in [6.07, 6.45) is 6.87. The molecule has 7 nitrogen and oxygen atoms in total. The van der Waals surface area contributed by atoms with Gasteiger partial charge in [-0.15, -0.1) is 0 Å². The van der Waals surface area contributed by atoms with Gasteiger partial charge in [0.15, 0.2) is 0 Å². The average Bonchev–Trinajstić information content (AvgIpc) is 3.44. The third kappa shape index (κ3) is 4.08. The predicted octanol–water partition coefficient (Wildman–Crippen LogP) is 1.45. The molecule has 27 heavy (non-hydrogen) atoms. The topological polar surface area (TPSA) is 91.6 Å². The molecule has 2 heterocycles. The largest absolute Gasteiger partial charge is 0.353 e. The van der Waals surface area contributed by atoms with Crippen molar-refractivity contribution in [2.24, 2.45) is 23.5 Å². The van der Waals surface area contributed by atoms with Crippen LogP contribution >= 0.6 is 0 Å². The number of carbonyl (C=O) groups excluding carboxylic acids is 2. The molecule has 1 aliphatic heterocycles. The van der Waals surface area contributed by atoms with Crippen molar-refractivity contribution in [1.82, 2.24) is 9.88 Å². The van der Waals surface area contributed by atoms with Gasteiger partial charge in [-0.25, -0.2) is 4.98 Å². The summed E-state index contributed by atoms with van der Waals surface area (Å²) in [4.78, 5) is 33.3. The van der Waals surface area contributed by atoms with Crippen molar-refractivity contribution in [3.63, 3.8) is 0 Å². The van der Waals surface area contributed by atoms with Crippen LogP contribution in [0.1, 0.15) is 32.1 Å². The van der Waals surface area contributed by atoms with Crippen molar-refractivity contribution in [3.05, 3.63) is 18.3 Å². The van der Waals surface area contributed by atoms with Crippen LogP contribution in [0.2, 0.25) is 0 Å². The summed E-state index contributed by atoms with van der Waals surface area (Å²) >= 11 is 0. The zero-order valence-electron chi connectivity index (χ0n) is 15.8. The Balaban J connectivity index is 1.30. The molecule has 3 fully saturated rings. The van der Waals surface area contributed by atoms with E-state index in [0.29, 0.717) is 18.4 Å². The number of nitrogens with two attached hydrogens (primary N) is 1. The van der Waals surface area contributed by atoms with Crippen LogP contribution in [0, 0.1) is 17.8 Å². The molecule has 3 aliphatic rings. The van der Waals surface area contributed by atoms with Crippen LogP contribution in [0.3, 0.4) is 0 Å². The van der Waals surface area contributed by atoms with Gasteiger partial charge in [-0.05, 0) is 50.3 Å². The van der Waals surface area contributed by atoms with Crippen LogP contribution in [-0.4, -0.2) is 54.4 Å². The number of piperazine rings is 1. The van der Waals surface area contributed by atoms with Crippen LogP contribution in [0.15, 0.2) is 18.3 Å². The summed E-state index contributed by atoms with van der Waals surface area (Å²) in [5.74, 6) is 1.88. The number of nitrogens with one attached hydrogen (secondary N) is 1. The van der Waals surface area contributed by atoms with Crippen LogP contribution in [0.5, 0.6) is 0 Å². The Bertz CT molecular complexity index is 680. The van der Waals surface area contributed by atoms with Gasteiger partial charge in [-0.2, -0.15) is 0 Å². The third-order valence-electron chi connectivity index (χ3n) is 6.16. The number of pyridine rings is 1. The van der Waals surface area contributed by atoms with E-state index in [4.69, 9.17) is 5.73 Å². The normalized spacial score (nSPS) is 25.5. The van der Waals surface area contributed by atoms with Crippen LogP contribution in [-0.2, 0) is 9.59 Å². The lowest BCUT2D eigenvalue weighted by Gasteiger charge is -2.35. The Labute approximate surface area is 160 Å². The molecule has 146 valence electrons. The van der Waals surface area contributed by atoms with Crippen molar-refractivity contribution in [2.75, 3.05) is 42.9 Å². The second kappa shape index (κ2) is 7.84. The van der Waals surface area contributed by atoms with Crippen molar-refractivity contribution < 1.29 is 9.59 Å². The van der Waals surface area contributed by atoms with Gasteiger partial charge >= 0.3 is 0 Å². The molecule has 1 aromatic heterocycles. The Morgan fingerprint density at radius 1 is 1.11 bits per heavy atom. The van der Waals surface area contributed by atoms with Gasteiger partial charge in [0, 0.05) is 38.0 Å². The fourth-order valence-corrected chi connectivity index (χ4v) is 4.29. The van der Waals surface area contributed by atoms with Gasteiger partial charge in [0.2, 0.25) is 11.8 Å². The minimum absolute atomic E-state index is 0.0201. The summed E-state index contributed by atoms with van der Waals surface area (Å²) < 4.78 is 0. The van der Waals surface area contributed by atoms with Gasteiger partial charge in [0.05, 0.1) is 11.9 Å². The van der Waals surface area contributed by atoms with Crippen molar-refractivity contribution in [3.8, 4) is 0 Å². The lowest BCUT2D eigenvalue weighted by Crippen LogP contribution is -2.49. The fourth-order valence-electron chi connectivity index (χ4n) is 4.29. The number of aromatic nitrogens is 1. The van der Waals surface area contributed by atoms with Crippen molar-refractivity contribution >= 4 is 23.3 Å². The van der Waals surface area contributed by atoms with Gasteiger partial charge in [-0.1, -0.05) is 6.42 Å². The zero-order valence-corrected chi connectivity index (χ0v) is 15.8. The van der Waals surface area contributed by atoms with E-state index in [1.165, 1.54) is 0 Å². The number of anilines is 2. The van der Waals surface area contributed by atoms with E-state index < -0.39 is 0 Å². The van der Waals surface area contributed by atoms with E-state index in [2.05, 4.69) is 15.2 Å². The van der Waals surface area contributed by atoms with Gasteiger partial charge in [0.25, 0.3) is 0 Å². The molecule has 3 N–H and O–H groups in total. The highest BCUT2D eigenvalue weighted by Crippen LogP contribution is 2.32. The quantitative estimate of drug-likeness (QED) is 0.817. The molecule has 0 spiro atoms. The fraction of sp³-hybridized carbons (Fsp3) is 0.650. The lowest BCUT2D eigenvalue weighted by molar-refractivity contribution is -0.132. The van der Waals surface area contributed by atoms with E-state index in [1.807, 2.05) is 17.0 Å². The van der Waals surface area contributed by atoms with Crippen LogP contribution in [0.25, 0.3) is 0 Å². The second-order valence-corrected chi connectivity index (χ2v) is 8.01. The first-order valence-corrected chi connectivity index (χ1v) is 10.2. The molecule has 2 saturated carbocycles. The first-order chi connectivity index (χ1) is 13.2. The molecule has 2 amide bonds. The first-order valence-electron chi connectivity index (χ1n) is 10.2. The van der Waals surface area contributed by atoms with E-state index in [0.717, 1.165) is 69.8 Å². The monoisotopic (exact) mass is 371 g/mol. The Morgan fingerprint density at radius 3 is 2.52 bits per heavy atom. The van der Waals surface area contributed by atoms with Crippen molar-refractivity contribution in [2.45, 2.75) is 32.1 Å². The third-order valence-corrected chi connectivity index (χ3v) is 6.16. The Morgan fingerprint density at radius 2 is 1.89 bits per heavy atom. The maximum absolute atomic E-state index is 12.5. The van der Waals surface area contributed by atoms with E-state index in [1.54, 1.807) is 6.20 Å². The molecule has 4 rings (SSSR count). The summed E-state index contributed by atoms with van der Waals surface area (Å²) in [5.41, 5.74) is 6.51. The summed E-state index contributed by atoms with van der Waals surface area (Å²) in [6.45, 7) is 3.70. The van der Waals surface area contributed by atoms with Gasteiger partial charge in [-0.3, -0.25) is 9.59 Å². The second-order valence-electron chi connectivity index (χ2n) is 8.01. The molecule has 1 saturated heterocycles. The molecule has 1 aromatic rings. The maximum Gasteiger partial charge on any atom is 0.227 e. The molecular weight excluding hydrogens is 342 g/mol. The number of hydrogen-bond acceptors (Lipinski definition) is 5. The highest BCUT2D eigenvalue weighted by molar-refractivity contribution is 5.92. The molecular formula is C20H29N5O2. The predicted molar refractivity (Wildman–Crippen MR) is 104 cm³/mol. The highest BCUT2D eigenvalue weighted by atomic mass is 16.2. The number of carbonyl (C=O) groups is 2. The minimum Gasteiger partial charge on any atom is -0.353 e. The van der Waals surface area contributed by atoms with E-state index >= 15 is 0 Å². The summed E-state index contributed by atoms with van der Waals surface area (Å²) in [6, 6.07) is 3.86. The average molecular weight is 371 g/mol. The number of hydrogen-bond donors (Lipinski definition) is 2. The van der Waals surface area contributed by atoms with Crippen molar-refractivity contribution in [1.29, 1.82) is 0 Å². The summed E-state index contributed by atoms with van der Waals surface area (Å²) in [7, 11) is 0. The molecule has 0 bridgehead atoms. The Kier molecular flexibility index (Phi) is 5.29. The van der Waals surface area contributed by atoms with Gasteiger partial charge in [0.1, 0.15) is 5.82 Å². The smallest absolute Gasteiger partial charge is 0.227 e. The number of rotatable bonds is 5. The minimum atomic E-state index is 0.0201. The summed E-state index contributed by atoms with van der Waals surface area (Å²) in [5, 5.41) is 2.99. The molecule has 7 heteroatoms. The number of nitrogens with zero attached hydrogens (tertiary/aromatic N) is 3. The van der Waals surface area contributed by atoms with E-state index in [-0.39, 0.29) is 17.7 Å². The first kappa shape index (κ1) is 18.2. The highest BCUT2D eigenvalue weighted by Gasteiger charge is 2.35. The van der Waals surface area contributed by atoms with Crippen LogP contribution in [0.4, 0.5) is 11.5 Å². The molecule has 2 aliphatic carbocycles. The molecule has 2 atom stereocenters. The SMILES string of the molecule is NC[C@H]1CCC[C@H]1C(=O)Nc1ccc(N2CCN(C(=O)C3CC3)CC2)nc1. The Hall–Kier alpha value is -2.15. The standard InChI is InChI=1S/C20H29N5O2/c21-12-15-2-1-3-17(15)19(26)23-16-6-7-18(22-13-16)24-8-10-25(11-9-24)20(27)14-4-5-14/h6-7,13-15,17H,1-5,8-12,21H2,(H,23,26)/t15-,17-/m1/s1. The molecule has 0 unspecified atom stereocenters. The lowest BCUT2D eigenvalue weighted by atomic mass is 9.95. The zero-order chi connectivity index (χ0) is 18.8. The maximum atomic E-state index is 12.5. The van der Waals surface area contributed by atoms with E-state index in [9.17, 15) is 9.59 Å².